The van der Waals surface area contributed by atoms with E-state index in [-0.39, 0.29) is 18.5 Å². The molecule has 1 atom stereocenters. The van der Waals surface area contributed by atoms with Crippen LogP contribution in [0.25, 0.3) is 0 Å². The Morgan fingerprint density at radius 1 is 1.41 bits per heavy atom. The van der Waals surface area contributed by atoms with Crippen LogP contribution in [0.5, 0.6) is 11.5 Å². The van der Waals surface area contributed by atoms with Crippen LogP contribution in [0.3, 0.4) is 0 Å². The fourth-order valence-corrected chi connectivity index (χ4v) is 2.13. The van der Waals surface area contributed by atoms with E-state index in [1.54, 1.807) is 0 Å². The number of nitrogens with one attached hydrogen (secondary N) is 1. The van der Waals surface area contributed by atoms with Crippen LogP contribution in [0.15, 0.2) is 23.3 Å². The molecule has 1 unspecified atom stereocenters. The maximum Gasteiger partial charge on any atom is 0.231 e. The first kappa shape index (κ1) is 10.1. The van der Waals surface area contributed by atoms with Gasteiger partial charge < -0.3 is 14.9 Å². The summed E-state index contributed by atoms with van der Waals surface area (Å²) in [5.41, 5.74) is 4.46. The SMILES string of the molecule is CC(=O)C1=NNCC1c1ccc2c(c1)OCO2. The van der Waals surface area contributed by atoms with Crippen LogP contribution in [0.2, 0.25) is 0 Å². The maximum atomic E-state index is 11.4. The molecule has 0 saturated carbocycles. The van der Waals surface area contributed by atoms with Gasteiger partial charge >= 0.3 is 0 Å². The number of carbonyl (C=O) groups is 1. The molecule has 0 radical (unpaired) electrons. The number of ether oxygens (including phenoxy) is 2. The van der Waals surface area contributed by atoms with E-state index in [0.717, 1.165) is 17.1 Å². The summed E-state index contributed by atoms with van der Waals surface area (Å²) in [6.07, 6.45) is 0. The van der Waals surface area contributed by atoms with Crippen molar-refractivity contribution in [1.82, 2.24) is 5.43 Å². The number of hydrazone groups is 1. The molecule has 1 aromatic carbocycles. The predicted octanol–water partition coefficient (Wildman–Crippen LogP) is 1.05. The minimum absolute atomic E-state index is 0.00185. The molecule has 88 valence electrons. The van der Waals surface area contributed by atoms with E-state index in [9.17, 15) is 4.79 Å². The molecule has 5 heteroatoms. The summed E-state index contributed by atoms with van der Waals surface area (Å²) in [5, 5.41) is 4.03. The van der Waals surface area contributed by atoms with Crippen molar-refractivity contribution in [3.8, 4) is 11.5 Å². The number of Topliss-reactive ketones (excluding diaryl/α,β-unsaturated/α-hetero) is 1. The minimum atomic E-state index is -0.00216. The molecule has 0 aromatic heterocycles. The van der Waals surface area contributed by atoms with Crippen molar-refractivity contribution in [3.05, 3.63) is 23.8 Å². The highest BCUT2D eigenvalue weighted by atomic mass is 16.7. The smallest absolute Gasteiger partial charge is 0.231 e. The topological polar surface area (TPSA) is 59.9 Å². The number of rotatable bonds is 2. The lowest BCUT2D eigenvalue weighted by Gasteiger charge is -2.10. The molecule has 1 N–H and O–H groups in total. The van der Waals surface area contributed by atoms with Crippen LogP contribution < -0.4 is 14.9 Å². The molecule has 2 heterocycles. The van der Waals surface area contributed by atoms with E-state index < -0.39 is 0 Å². The zero-order valence-electron chi connectivity index (χ0n) is 9.40. The van der Waals surface area contributed by atoms with Crippen molar-refractivity contribution in [1.29, 1.82) is 0 Å². The van der Waals surface area contributed by atoms with E-state index in [0.29, 0.717) is 12.3 Å². The Kier molecular flexibility index (Phi) is 2.24. The first-order valence-corrected chi connectivity index (χ1v) is 5.46. The molecule has 0 saturated heterocycles. The average molecular weight is 232 g/mol. The van der Waals surface area contributed by atoms with Gasteiger partial charge in [-0.1, -0.05) is 6.07 Å². The molecule has 0 aliphatic carbocycles. The Balaban J connectivity index is 1.95. The summed E-state index contributed by atoms with van der Waals surface area (Å²) in [4.78, 5) is 11.4. The van der Waals surface area contributed by atoms with E-state index in [1.807, 2.05) is 18.2 Å². The first-order valence-electron chi connectivity index (χ1n) is 5.46. The van der Waals surface area contributed by atoms with Gasteiger partial charge in [-0.2, -0.15) is 5.10 Å². The number of nitrogens with zero attached hydrogens (tertiary/aromatic N) is 1. The van der Waals surface area contributed by atoms with Crippen LogP contribution in [0.1, 0.15) is 18.4 Å². The Bertz CT molecular complexity index is 510. The summed E-state index contributed by atoms with van der Waals surface area (Å²) in [7, 11) is 0. The number of carbonyl (C=O) groups excluding carboxylic acids is 1. The molecule has 0 fully saturated rings. The third-order valence-electron chi connectivity index (χ3n) is 2.98. The molecule has 17 heavy (non-hydrogen) atoms. The van der Waals surface area contributed by atoms with E-state index in [4.69, 9.17) is 9.47 Å². The molecule has 3 rings (SSSR count). The summed E-state index contributed by atoms with van der Waals surface area (Å²) < 4.78 is 10.6. The summed E-state index contributed by atoms with van der Waals surface area (Å²) in [6, 6.07) is 5.73. The Hall–Kier alpha value is -2.04. The van der Waals surface area contributed by atoms with Crippen molar-refractivity contribution in [3.63, 3.8) is 0 Å². The summed E-state index contributed by atoms with van der Waals surface area (Å²) >= 11 is 0. The van der Waals surface area contributed by atoms with E-state index in [1.165, 1.54) is 6.92 Å². The highest BCUT2D eigenvalue weighted by Crippen LogP contribution is 2.35. The number of fused-ring (bicyclic) bond motifs is 1. The third-order valence-corrected chi connectivity index (χ3v) is 2.98. The van der Waals surface area contributed by atoms with E-state index >= 15 is 0 Å². The lowest BCUT2D eigenvalue weighted by molar-refractivity contribution is -0.111. The van der Waals surface area contributed by atoms with Crippen molar-refractivity contribution < 1.29 is 14.3 Å². The van der Waals surface area contributed by atoms with Gasteiger partial charge in [0.05, 0.1) is 5.92 Å². The molecule has 0 spiro atoms. The number of benzene rings is 1. The first-order chi connectivity index (χ1) is 8.25. The Morgan fingerprint density at radius 2 is 2.24 bits per heavy atom. The number of hydrogen-bond acceptors (Lipinski definition) is 5. The fourth-order valence-electron chi connectivity index (χ4n) is 2.13. The van der Waals surface area contributed by atoms with Gasteiger partial charge in [-0.25, -0.2) is 0 Å². The minimum Gasteiger partial charge on any atom is -0.454 e. The highest BCUT2D eigenvalue weighted by molar-refractivity contribution is 6.41. The van der Waals surface area contributed by atoms with Gasteiger partial charge in [-0.3, -0.25) is 4.79 Å². The van der Waals surface area contributed by atoms with Crippen molar-refractivity contribution in [2.75, 3.05) is 13.3 Å². The number of ketones is 1. The van der Waals surface area contributed by atoms with Crippen LogP contribution in [-0.4, -0.2) is 24.8 Å². The summed E-state index contributed by atoms with van der Waals surface area (Å²) in [6.45, 7) is 2.44. The fraction of sp³-hybridized carbons (Fsp3) is 0.333. The van der Waals surface area contributed by atoms with Crippen molar-refractivity contribution in [2.24, 2.45) is 5.10 Å². The molecule has 0 amide bonds. The van der Waals surface area contributed by atoms with Crippen LogP contribution in [0, 0.1) is 0 Å². The second-order valence-corrected chi connectivity index (χ2v) is 4.08. The molecule has 1 aromatic rings. The second-order valence-electron chi connectivity index (χ2n) is 4.08. The van der Waals surface area contributed by atoms with Gasteiger partial charge in [0.2, 0.25) is 6.79 Å². The Labute approximate surface area is 98.4 Å². The molecule has 2 aliphatic rings. The maximum absolute atomic E-state index is 11.4. The predicted molar refractivity (Wildman–Crippen MR) is 61.4 cm³/mol. The van der Waals surface area contributed by atoms with Gasteiger partial charge in [-0.05, 0) is 17.7 Å². The van der Waals surface area contributed by atoms with Gasteiger partial charge in [0.25, 0.3) is 0 Å². The zero-order chi connectivity index (χ0) is 11.8. The largest absolute Gasteiger partial charge is 0.454 e. The van der Waals surface area contributed by atoms with E-state index in [2.05, 4.69) is 10.5 Å². The highest BCUT2D eigenvalue weighted by Gasteiger charge is 2.27. The van der Waals surface area contributed by atoms with Crippen LogP contribution >= 0.6 is 0 Å². The zero-order valence-corrected chi connectivity index (χ0v) is 9.40. The molecule has 5 nitrogen and oxygen atoms in total. The standard InChI is InChI=1S/C12H12N2O3/c1-7(15)12-9(5-13-14-12)8-2-3-10-11(4-8)17-6-16-10/h2-4,9,13H,5-6H2,1H3. The van der Waals surface area contributed by atoms with Crippen LogP contribution in [-0.2, 0) is 4.79 Å². The van der Waals surface area contributed by atoms with Crippen molar-refractivity contribution in [2.45, 2.75) is 12.8 Å². The summed E-state index contributed by atoms with van der Waals surface area (Å²) in [5.74, 6) is 1.48. The normalized spacial score (nSPS) is 21.0. The van der Waals surface area contributed by atoms with Gasteiger partial charge in [-0.15, -0.1) is 0 Å². The molecule has 2 aliphatic heterocycles. The van der Waals surface area contributed by atoms with Crippen LogP contribution in [0.4, 0.5) is 0 Å². The monoisotopic (exact) mass is 232 g/mol. The van der Waals surface area contributed by atoms with Gasteiger partial charge in [0, 0.05) is 13.5 Å². The number of hydrogen-bond donors (Lipinski definition) is 1. The third kappa shape index (κ3) is 1.63. The van der Waals surface area contributed by atoms with Crippen molar-refractivity contribution >= 4 is 11.5 Å². The van der Waals surface area contributed by atoms with Gasteiger partial charge in [0.15, 0.2) is 17.3 Å². The lowest BCUT2D eigenvalue weighted by atomic mass is 9.93. The lowest BCUT2D eigenvalue weighted by Crippen LogP contribution is -2.19. The molecule has 0 bridgehead atoms. The second kappa shape index (κ2) is 3.76. The quantitative estimate of drug-likeness (QED) is 0.827. The average Bonchev–Trinajstić information content (AvgIpc) is 2.96. The molecular formula is C12H12N2O3. The van der Waals surface area contributed by atoms with Gasteiger partial charge in [0.1, 0.15) is 5.71 Å². The Morgan fingerprint density at radius 3 is 3.06 bits per heavy atom. The molecular weight excluding hydrogens is 220 g/mol.